The van der Waals surface area contributed by atoms with E-state index in [1.54, 1.807) is 6.92 Å². The molecule has 3 aromatic carbocycles. The lowest BCUT2D eigenvalue weighted by Gasteiger charge is -2.14. The van der Waals surface area contributed by atoms with Gasteiger partial charge in [-0.05, 0) is 36.1 Å². The van der Waals surface area contributed by atoms with Gasteiger partial charge in [0.2, 0.25) is 0 Å². The van der Waals surface area contributed by atoms with Crippen molar-refractivity contribution in [1.29, 1.82) is 0 Å². The fourth-order valence-corrected chi connectivity index (χ4v) is 3.80. The van der Waals surface area contributed by atoms with E-state index in [0.29, 0.717) is 17.1 Å². The number of ether oxygens (including phenoxy) is 2. The number of nitrogens with one attached hydrogen (secondary N) is 1. The number of nitrogens with zero attached hydrogens (tertiary/aromatic N) is 1. The van der Waals surface area contributed by atoms with Crippen LogP contribution in [0.5, 0.6) is 0 Å². The van der Waals surface area contributed by atoms with Crippen molar-refractivity contribution < 1.29 is 28.7 Å². The summed E-state index contributed by atoms with van der Waals surface area (Å²) >= 11 is 0. The van der Waals surface area contributed by atoms with Crippen LogP contribution in [0.4, 0.5) is 10.5 Å². The molecule has 1 heterocycles. The van der Waals surface area contributed by atoms with E-state index in [1.807, 2.05) is 85.8 Å². The highest BCUT2D eigenvalue weighted by Crippen LogP contribution is 2.33. The first kappa shape index (κ1) is 25.7. The largest absolute Gasteiger partial charge is 0.463 e. The SMILES string of the molecule is Cc1noc(-c2ccc(-c3ccc(CC(=O)OCCO)cc3)cc2)c1NC(=O)O[C@H](C)c1ccccc1. The highest BCUT2D eigenvalue weighted by molar-refractivity contribution is 5.91. The van der Waals surface area contributed by atoms with Crippen LogP contribution < -0.4 is 5.32 Å². The van der Waals surface area contributed by atoms with Crippen molar-refractivity contribution in [3.63, 3.8) is 0 Å². The van der Waals surface area contributed by atoms with Crippen molar-refractivity contribution in [2.24, 2.45) is 0 Å². The van der Waals surface area contributed by atoms with Gasteiger partial charge in [0.05, 0.1) is 13.0 Å². The maximum atomic E-state index is 12.6. The molecule has 2 N–H and O–H groups in total. The van der Waals surface area contributed by atoms with Gasteiger partial charge in [-0.2, -0.15) is 0 Å². The Kier molecular flexibility index (Phi) is 8.33. The normalized spacial score (nSPS) is 11.5. The van der Waals surface area contributed by atoms with Crippen LogP contribution in [0, 0.1) is 6.92 Å². The number of aliphatic hydroxyl groups is 1. The van der Waals surface area contributed by atoms with Gasteiger partial charge < -0.3 is 19.1 Å². The molecule has 1 amide bonds. The Balaban J connectivity index is 1.43. The number of aliphatic hydroxyl groups excluding tert-OH is 1. The summed E-state index contributed by atoms with van der Waals surface area (Å²) in [6, 6.07) is 24.7. The van der Waals surface area contributed by atoms with Gasteiger partial charge in [0, 0.05) is 5.56 Å². The second-order valence-corrected chi connectivity index (χ2v) is 8.45. The van der Waals surface area contributed by atoms with Crippen LogP contribution in [0.15, 0.2) is 83.4 Å². The number of anilines is 1. The molecular weight excluding hydrogens is 472 g/mol. The van der Waals surface area contributed by atoms with Crippen molar-refractivity contribution in [3.05, 3.63) is 95.7 Å². The predicted molar refractivity (Wildman–Crippen MR) is 139 cm³/mol. The Hall–Kier alpha value is -4.43. The van der Waals surface area contributed by atoms with Gasteiger partial charge in [-0.15, -0.1) is 0 Å². The number of rotatable bonds is 9. The second-order valence-electron chi connectivity index (χ2n) is 8.45. The summed E-state index contributed by atoms with van der Waals surface area (Å²) in [6.45, 7) is 3.37. The Labute approximate surface area is 214 Å². The van der Waals surface area contributed by atoms with E-state index in [0.717, 1.165) is 27.8 Å². The fourth-order valence-electron chi connectivity index (χ4n) is 3.80. The van der Waals surface area contributed by atoms with E-state index in [2.05, 4.69) is 10.5 Å². The number of hydrogen-bond donors (Lipinski definition) is 2. The van der Waals surface area contributed by atoms with E-state index in [-0.39, 0.29) is 25.6 Å². The smallest absolute Gasteiger partial charge is 0.412 e. The van der Waals surface area contributed by atoms with Gasteiger partial charge in [0.25, 0.3) is 0 Å². The van der Waals surface area contributed by atoms with Crippen LogP contribution in [0.3, 0.4) is 0 Å². The summed E-state index contributed by atoms with van der Waals surface area (Å²) in [5, 5.41) is 15.5. The molecule has 1 atom stereocenters. The van der Waals surface area contributed by atoms with Crippen molar-refractivity contribution in [3.8, 4) is 22.5 Å². The molecule has 0 aliphatic rings. The van der Waals surface area contributed by atoms with Crippen molar-refractivity contribution in [2.45, 2.75) is 26.4 Å². The van der Waals surface area contributed by atoms with Gasteiger partial charge in [-0.25, -0.2) is 4.79 Å². The minimum atomic E-state index is -0.596. The first-order valence-electron chi connectivity index (χ1n) is 11.9. The Morgan fingerprint density at radius 3 is 2.22 bits per heavy atom. The molecule has 0 bridgehead atoms. The molecule has 8 nitrogen and oxygen atoms in total. The second kappa shape index (κ2) is 12.0. The van der Waals surface area contributed by atoms with Gasteiger partial charge in [0.15, 0.2) is 5.76 Å². The molecule has 0 aliphatic carbocycles. The third kappa shape index (κ3) is 6.62. The van der Waals surface area contributed by atoms with E-state index >= 15 is 0 Å². The molecule has 0 saturated heterocycles. The molecule has 1 aromatic heterocycles. The molecule has 0 saturated carbocycles. The van der Waals surface area contributed by atoms with Crippen LogP contribution in [0.25, 0.3) is 22.5 Å². The molecule has 0 spiro atoms. The fraction of sp³-hybridized carbons (Fsp3) is 0.207. The lowest BCUT2D eigenvalue weighted by atomic mass is 10.0. The summed E-state index contributed by atoms with van der Waals surface area (Å²) in [5.74, 6) is 0.0569. The van der Waals surface area contributed by atoms with E-state index in [4.69, 9.17) is 19.1 Å². The Bertz CT molecular complexity index is 1330. The lowest BCUT2D eigenvalue weighted by Crippen LogP contribution is -2.16. The van der Waals surface area contributed by atoms with Gasteiger partial charge >= 0.3 is 12.1 Å². The topological polar surface area (TPSA) is 111 Å². The third-order valence-electron chi connectivity index (χ3n) is 5.78. The van der Waals surface area contributed by atoms with Crippen molar-refractivity contribution >= 4 is 17.7 Å². The summed E-state index contributed by atoms with van der Waals surface area (Å²) < 4.78 is 15.9. The number of carbonyl (C=O) groups excluding carboxylic acids is 2. The standard InChI is InChI=1S/C29H28N2O6/c1-19-27(30-29(34)36-20(2)22-6-4-3-5-7-22)28(37-31-19)25-14-12-24(13-15-25)23-10-8-21(9-11-23)18-26(33)35-17-16-32/h3-15,20,32H,16-18H2,1-2H3,(H,30,34)/t20-/m1/s1. The molecule has 0 aliphatic heterocycles. The molecule has 0 fully saturated rings. The zero-order chi connectivity index (χ0) is 26.2. The molecule has 8 heteroatoms. The summed E-state index contributed by atoms with van der Waals surface area (Å²) in [5.41, 5.74) is 5.41. The van der Waals surface area contributed by atoms with Gasteiger partial charge in [0.1, 0.15) is 24.1 Å². The van der Waals surface area contributed by atoms with Crippen LogP contribution in [0.2, 0.25) is 0 Å². The number of aryl methyl sites for hydroxylation is 1. The molecular formula is C29H28N2O6. The number of carbonyl (C=O) groups is 2. The van der Waals surface area contributed by atoms with Crippen LogP contribution >= 0.6 is 0 Å². The third-order valence-corrected chi connectivity index (χ3v) is 5.78. The van der Waals surface area contributed by atoms with Crippen molar-refractivity contribution in [2.75, 3.05) is 18.5 Å². The number of amides is 1. The quantitative estimate of drug-likeness (QED) is 0.283. The Morgan fingerprint density at radius 2 is 1.57 bits per heavy atom. The predicted octanol–water partition coefficient (Wildman–Crippen LogP) is 5.70. The first-order chi connectivity index (χ1) is 17.9. The average Bonchev–Trinajstić information content (AvgIpc) is 3.28. The minimum Gasteiger partial charge on any atom is -0.463 e. The average molecular weight is 501 g/mol. The molecule has 190 valence electrons. The Morgan fingerprint density at radius 1 is 0.946 bits per heavy atom. The van der Waals surface area contributed by atoms with Crippen LogP contribution in [-0.2, 0) is 20.7 Å². The van der Waals surface area contributed by atoms with Crippen LogP contribution in [0.1, 0.15) is 29.8 Å². The van der Waals surface area contributed by atoms with E-state index in [1.165, 1.54) is 0 Å². The molecule has 37 heavy (non-hydrogen) atoms. The first-order valence-corrected chi connectivity index (χ1v) is 11.9. The highest BCUT2D eigenvalue weighted by atomic mass is 16.6. The number of hydrogen-bond acceptors (Lipinski definition) is 7. The monoisotopic (exact) mass is 500 g/mol. The number of benzene rings is 3. The van der Waals surface area contributed by atoms with Gasteiger partial charge in [-0.3, -0.25) is 10.1 Å². The molecule has 0 unspecified atom stereocenters. The van der Waals surface area contributed by atoms with E-state index < -0.39 is 12.2 Å². The van der Waals surface area contributed by atoms with Gasteiger partial charge in [-0.1, -0.05) is 84.0 Å². The summed E-state index contributed by atoms with van der Waals surface area (Å²) in [6.07, 6.45) is -0.866. The lowest BCUT2D eigenvalue weighted by molar-refractivity contribution is -0.143. The van der Waals surface area contributed by atoms with Crippen LogP contribution in [-0.4, -0.2) is 35.5 Å². The highest BCUT2D eigenvalue weighted by Gasteiger charge is 2.20. The number of aromatic nitrogens is 1. The zero-order valence-corrected chi connectivity index (χ0v) is 20.6. The molecule has 4 rings (SSSR count). The minimum absolute atomic E-state index is 0.000786. The van der Waals surface area contributed by atoms with Crippen molar-refractivity contribution in [1.82, 2.24) is 5.16 Å². The van der Waals surface area contributed by atoms with E-state index in [9.17, 15) is 9.59 Å². The zero-order valence-electron chi connectivity index (χ0n) is 20.6. The molecule has 0 radical (unpaired) electrons. The summed E-state index contributed by atoms with van der Waals surface area (Å²) in [7, 11) is 0. The maximum absolute atomic E-state index is 12.6. The summed E-state index contributed by atoms with van der Waals surface area (Å²) in [4.78, 5) is 24.3. The number of esters is 1. The maximum Gasteiger partial charge on any atom is 0.412 e. The molecule has 4 aromatic rings.